The lowest BCUT2D eigenvalue weighted by Gasteiger charge is -2.13. The van der Waals surface area contributed by atoms with Crippen LogP contribution in [0.3, 0.4) is 0 Å². The van der Waals surface area contributed by atoms with Crippen LogP contribution in [0, 0.1) is 6.92 Å². The Morgan fingerprint density at radius 2 is 1.96 bits per heavy atom. The van der Waals surface area contributed by atoms with Crippen LogP contribution < -0.4 is 0 Å². The molecule has 0 radical (unpaired) electrons. The van der Waals surface area contributed by atoms with Crippen molar-refractivity contribution in [3.8, 4) is 0 Å². The van der Waals surface area contributed by atoms with E-state index in [1.807, 2.05) is 19.3 Å². The Hall–Kier alpha value is -2.23. The van der Waals surface area contributed by atoms with E-state index in [0.717, 1.165) is 17.8 Å². The highest BCUT2D eigenvalue weighted by atomic mass is 15.1. The third-order valence-electron chi connectivity index (χ3n) is 4.95. The number of pyridine rings is 1. The molecule has 3 aromatic rings. The van der Waals surface area contributed by atoms with E-state index in [4.69, 9.17) is 4.98 Å². The van der Waals surface area contributed by atoms with E-state index in [1.54, 1.807) is 0 Å². The van der Waals surface area contributed by atoms with E-state index < -0.39 is 0 Å². The van der Waals surface area contributed by atoms with Crippen LogP contribution in [0.2, 0.25) is 0 Å². The van der Waals surface area contributed by atoms with Crippen LogP contribution in [0.15, 0.2) is 36.8 Å². The number of nitrogens with zero attached hydrogens (tertiary/aromatic N) is 4. The molecule has 0 spiro atoms. The Balaban J connectivity index is 1.69. The summed E-state index contributed by atoms with van der Waals surface area (Å²) in [6, 6.07) is 8.58. The molecule has 4 heteroatoms. The smallest absolute Gasteiger partial charge is 0.0995 e. The van der Waals surface area contributed by atoms with Gasteiger partial charge in [-0.05, 0) is 49.4 Å². The minimum Gasteiger partial charge on any atom is -0.306 e. The van der Waals surface area contributed by atoms with Gasteiger partial charge in [-0.3, -0.25) is 0 Å². The van der Waals surface area contributed by atoms with E-state index in [-0.39, 0.29) is 5.41 Å². The predicted octanol–water partition coefficient (Wildman–Crippen LogP) is 3.83. The summed E-state index contributed by atoms with van der Waals surface area (Å²) in [7, 11) is 0. The number of hydrogen-bond acceptors (Lipinski definition) is 3. The number of aromatic nitrogens is 4. The van der Waals surface area contributed by atoms with Crippen molar-refractivity contribution in [1.29, 1.82) is 0 Å². The van der Waals surface area contributed by atoms with Crippen LogP contribution >= 0.6 is 0 Å². The maximum Gasteiger partial charge on any atom is 0.0995 e. The molecule has 1 saturated carbocycles. The number of fused-ring (bicyclic) bond motifs is 1. The zero-order valence-electron chi connectivity index (χ0n) is 14.0. The van der Waals surface area contributed by atoms with Gasteiger partial charge in [-0.15, -0.1) is 0 Å². The Labute approximate surface area is 136 Å². The molecule has 4 rings (SSSR count). The Morgan fingerprint density at radius 1 is 1.13 bits per heavy atom. The first-order chi connectivity index (χ1) is 11.1. The van der Waals surface area contributed by atoms with Gasteiger partial charge in [0.15, 0.2) is 0 Å². The lowest BCUT2D eigenvalue weighted by Crippen LogP contribution is -2.13. The molecule has 0 saturated heterocycles. The van der Waals surface area contributed by atoms with Gasteiger partial charge in [-0.2, -0.15) is 10.2 Å². The molecular formula is C19H22N4. The summed E-state index contributed by atoms with van der Waals surface area (Å²) in [5.74, 6) is 0.531. The summed E-state index contributed by atoms with van der Waals surface area (Å²) in [6.45, 7) is 6.41. The maximum absolute atomic E-state index is 4.76. The van der Waals surface area contributed by atoms with Gasteiger partial charge in [0.2, 0.25) is 0 Å². The SMILES string of the molecule is Cc1ccc(CC2(c3ncn4cc(C(C)C)ccc34)CC2)nn1. The Kier molecular flexibility index (Phi) is 3.22. The molecule has 1 aliphatic rings. The van der Waals surface area contributed by atoms with Crippen molar-refractivity contribution in [3.05, 3.63) is 59.4 Å². The quantitative estimate of drug-likeness (QED) is 0.735. The molecule has 0 atom stereocenters. The largest absolute Gasteiger partial charge is 0.306 e. The Bertz CT molecular complexity index is 841. The van der Waals surface area contributed by atoms with Crippen molar-refractivity contribution in [2.45, 2.75) is 51.4 Å². The van der Waals surface area contributed by atoms with Crippen LogP contribution in [0.25, 0.3) is 5.52 Å². The summed E-state index contributed by atoms with van der Waals surface area (Å²) in [6.07, 6.45) is 7.46. The summed E-state index contributed by atoms with van der Waals surface area (Å²) < 4.78 is 2.17. The number of imidazole rings is 1. The molecule has 0 bridgehead atoms. The zero-order valence-corrected chi connectivity index (χ0v) is 14.0. The molecule has 1 fully saturated rings. The van der Waals surface area contributed by atoms with Crippen molar-refractivity contribution < 1.29 is 0 Å². The average Bonchev–Trinajstić information content (AvgIpc) is 3.18. The fourth-order valence-corrected chi connectivity index (χ4v) is 3.28. The summed E-state index contributed by atoms with van der Waals surface area (Å²) in [4.78, 5) is 4.76. The third kappa shape index (κ3) is 2.52. The monoisotopic (exact) mass is 306 g/mol. The van der Waals surface area contributed by atoms with Crippen LogP contribution in [-0.4, -0.2) is 19.6 Å². The molecule has 0 amide bonds. The van der Waals surface area contributed by atoms with Gasteiger partial charge in [-0.25, -0.2) is 4.98 Å². The van der Waals surface area contributed by atoms with Gasteiger partial charge < -0.3 is 4.40 Å². The van der Waals surface area contributed by atoms with Crippen molar-refractivity contribution in [1.82, 2.24) is 19.6 Å². The summed E-state index contributed by atoms with van der Waals surface area (Å²) in [5.41, 5.74) is 5.97. The second-order valence-corrected chi connectivity index (χ2v) is 7.13. The van der Waals surface area contributed by atoms with Gasteiger partial charge in [0.25, 0.3) is 0 Å². The molecule has 3 aromatic heterocycles. The predicted molar refractivity (Wildman–Crippen MR) is 90.7 cm³/mol. The van der Waals surface area contributed by atoms with E-state index in [9.17, 15) is 0 Å². The molecular weight excluding hydrogens is 284 g/mol. The molecule has 0 unspecified atom stereocenters. The first-order valence-corrected chi connectivity index (χ1v) is 8.34. The molecule has 3 heterocycles. The Morgan fingerprint density at radius 3 is 2.61 bits per heavy atom. The van der Waals surface area contributed by atoms with Crippen LogP contribution in [0.5, 0.6) is 0 Å². The van der Waals surface area contributed by atoms with Crippen molar-refractivity contribution in [3.63, 3.8) is 0 Å². The van der Waals surface area contributed by atoms with E-state index in [0.29, 0.717) is 5.92 Å². The van der Waals surface area contributed by atoms with Crippen molar-refractivity contribution in [2.75, 3.05) is 0 Å². The normalized spacial score (nSPS) is 16.2. The summed E-state index contributed by atoms with van der Waals surface area (Å²) >= 11 is 0. The standard InChI is InChI=1S/C19H22N4/c1-13(2)15-5-7-17-18(20-12-23(17)11-15)19(8-9-19)10-16-6-4-14(3)21-22-16/h4-7,11-13H,8-10H2,1-3H3. The molecule has 23 heavy (non-hydrogen) atoms. The second kappa shape index (κ2) is 5.15. The van der Waals surface area contributed by atoms with Gasteiger partial charge in [-0.1, -0.05) is 19.9 Å². The van der Waals surface area contributed by atoms with E-state index >= 15 is 0 Å². The number of hydrogen-bond donors (Lipinski definition) is 0. The van der Waals surface area contributed by atoms with Crippen LogP contribution in [0.1, 0.15) is 55.3 Å². The number of aryl methyl sites for hydroxylation is 1. The highest BCUT2D eigenvalue weighted by Crippen LogP contribution is 2.51. The first kappa shape index (κ1) is 14.4. The fourth-order valence-electron chi connectivity index (χ4n) is 3.28. The molecule has 118 valence electrons. The lowest BCUT2D eigenvalue weighted by atomic mass is 9.94. The molecule has 1 aliphatic carbocycles. The summed E-state index contributed by atoms with van der Waals surface area (Å²) in [5, 5.41) is 8.54. The first-order valence-electron chi connectivity index (χ1n) is 8.34. The average molecular weight is 306 g/mol. The fraction of sp³-hybridized carbons (Fsp3) is 0.421. The van der Waals surface area contributed by atoms with Crippen molar-refractivity contribution >= 4 is 5.52 Å². The molecule has 0 N–H and O–H groups in total. The maximum atomic E-state index is 4.76. The zero-order chi connectivity index (χ0) is 16.0. The van der Waals surface area contributed by atoms with Gasteiger partial charge in [0.05, 0.1) is 28.9 Å². The van der Waals surface area contributed by atoms with E-state index in [2.05, 4.69) is 52.8 Å². The third-order valence-corrected chi connectivity index (χ3v) is 4.95. The number of rotatable bonds is 4. The van der Waals surface area contributed by atoms with Gasteiger partial charge in [0.1, 0.15) is 0 Å². The topological polar surface area (TPSA) is 43.1 Å². The minimum atomic E-state index is 0.151. The van der Waals surface area contributed by atoms with Gasteiger partial charge >= 0.3 is 0 Å². The molecule has 0 aliphatic heterocycles. The van der Waals surface area contributed by atoms with Gasteiger partial charge in [0, 0.05) is 18.0 Å². The van der Waals surface area contributed by atoms with Crippen molar-refractivity contribution in [2.24, 2.45) is 0 Å². The van der Waals surface area contributed by atoms with E-state index in [1.165, 1.54) is 29.6 Å². The minimum absolute atomic E-state index is 0.151. The van der Waals surface area contributed by atoms with Crippen LogP contribution in [-0.2, 0) is 11.8 Å². The lowest BCUT2D eigenvalue weighted by molar-refractivity contribution is 0.649. The second-order valence-electron chi connectivity index (χ2n) is 7.13. The van der Waals surface area contributed by atoms with Crippen LogP contribution in [0.4, 0.5) is 0 Å². The molecule has 4 nitrogen and oxygen atoms in total. The highest BCUT2D eigenvalue weighted by Gasteiger charge is 2.47. The highest BCUT2D eigenvalue weighted by molar-refractivity contribution is 5.58. The molecule has 0 aromatic carbocycles.